The van der Waals surface area contributed by atoms with Gasteiger partial charge in [-0.3, -0.25) is 4.79 Å². The molecule has 5 rings (SSSR count). The molecule has 11 heteroatoms. The molecule has 1 aromatic heterocycles. The number of aliphatic hydroxyl groups is 1. The van der Waals surface area contributed by atoms with E-state index < -0.39 is 33.8 Å². The van der Waals surface area contributed by atoms with Crippen LogP contribution in [0.4, 0.5) is 0 Å². The number of aliphatic hydroxyl groups excluding tert-OH is 1. The second-order valence-electron chi connectivity index (χ2n) is 9.81. The number of amides is 1. The lowest BCUT2D eigenvalue weighted by Crippen LogP contribution is -2.55. The summed E-state index contributed by atoms with van der Waals surface area (Å²) in [6.45, 7) is 4.17. The zero-order valence-electron chi connectivity index (χ0n) is 21.0. The summed E-state index contributed by atoms with van der Waals surface area (Å²) in [6.07, 6.45) is 2.48. The second-order valence-corrected chi connectivity index (χ2v) is 12.6. The van der Waals surface area contributed by atoms with Crippen molar-refractivity contribution in [3.63, 3.8) is 0 Å². The minimum atomic E-state index is -3.84. The Bertz CT molecular complexity index is 1520. The molecule has 2 heterocycles. The lowest BCUT2D eigenvalue weighted by atomic mass is 10.0. The van der Waals surface area contributed by atoms with Gasteiger partial charge >= 0.3 is 0 Å². The van der Waals surface area contributed by atoms with E-state index in [4.69, 9.17) is 4.74 Å². The number of hydrogen-bond donors (Lipinski definition) is 2. The molecule has 9 nitrogen and oxygen atoms in total. The lowest BCUT2D eigenvalue weighted by molar-refractivity contribution is -0.138. The number of nitrogens with zero attached hydrogens (tertiary/aromatic N) is 3. The number of β-amino-alcohol motifs (C(OH)–C–C–N with tert-alkyl or cyclic N) is 1. The molecule has 0 radical (unpaired) electrons. The number of likely N-dealkylation sites (tertiary alicyclic amines) is 1. The van der Waals surface area contributed by atoms with Gasteiger partial charge in [0.05, 0.1) is 22.6 Å². The van der Waals surface area contributed by atoms with Gasteiger partial charge in [0, 0.05) is 30.9 Å². The summed E-state index contributed by atoms with van der Waals surface area (Å²) in [5.41, 5.74) is 4.23. The number of thiazole rings is 1. The Morgan fingerprint density at radius 1 is 1.32 bits per heavy atom. The van der Waals surface area contributed by atoms with Gasteiger partial charge in [-0.1, -0.05) is 18.2 Å². The first-order valence-electron chi connectivity index (χ1n) is 12.4. The molecule has 2 aliphatic rings. The van der Waals surface area contributed by atoms with Crippen molar-refractivity contribution in [1.29, 1.82) is 5.26 Å². The molecular formula is C27H28N4O5S2. The minimum Gasteiger partial charge on any atom is -0.490 e. The average Bonchev–Trinajstić information content (AvgIpc) is 3.49. The van der Waals surface area contributed by atoms with E-state index >= 15 is 0 Å². The van der Waals surface area contributed by atoms with Crippen molar-refractivity contribution in [2.45, 2.75) is 44.9 Å². The topological polar surface area (TPSA) is 133 Å². The molecule has 1 aliphatic carbocycles. The largest absolute Gasteiger partial charge is 0.490 e. The van der Waals surface area contributed by atoms with Crippen LogP contribution < -0.4 is 9.46 Å². The number of sulfonamides is 1. The number of nitrogens with one attached hydrogen (secondary N) is 1. The van der Waals surface area contributed by atoms with Crippen LogP contribution in [-0.2, 0) is 21.2 Å². The highest BCUT2D eigenvalue weighted by atomic mass is 32.2. The summed E-state index contributed by atoms with van der Waals surface area (Å²) in [7, 11) is -3.84. The predicted molar refractivity (Wildman–Crippen MR) is 144 cm³/mol. The van der Waals surface area contributed by atoms with Crippen molar-refractivity contribution in [2.24, 2.45) is 0 Å². The fraction of sp³-hybridized carbons (Fsp3) is 0.370. The van der Waals surface area contributed by atoms with Gasteiger partial charge in [0.15, 0.2) is 0 Å². The van der Waals surface area contributed by atoms with Crippen LogP contribution in [0.15, 0.2) is 42.6 Å². The Balaban J connectivity index is 1.34. The molecule has 1 atom stereocenters. The Labute approximate surface area is 225 Å². The predicted octanol–water partition coefficient (Wildman–Crippen LogP) is 3.25. The molecule has 1 amide bonds. The Kier molecular flexibility index (Phi) is 7.24. The number of ether oxygens (including phenoxy) is 1. The summed E-state index contributed by atoms with van der Waals surface area (Å²) >= 11 is 1.51. The molecule has 2 N–H and O–H groups in total. The highest BCUT2D eigenvalue weighted by molar-refractivity contribution is 7.90. The molecule has 198 valence electrons. The van der Waals surface area contributed by atoms with Gasteiger partial charge in [0.1, 0.15) is 22.6 Å². The molecule has 1 aliphatic heterocycles. The van der Waals surface area contributed by atoms with Crippen LogP contribution in [0.2, 0.25) is 0 Å². The monoisotopic (exact) mass is 552 g/mol. The summed E-state index contributed by atoms with van der Waals surface area (Å²) in [5.74, 6) is -0.591. The summed E-state index contributed by atoms with van der Waals surface area (Å²) in [4.78, 5) is 19.1. The third kappa shape index (κ3) is 5.44. The SMILES string of the molecule is CC(C)Oc1ccc(-c2ncc(-c3cccc4c3CC[C@@H]4NS(=O)(=O)CC(=O)N3CC(O)C3)s2)cc1C#N. The molecular weight excluding hydrogens is 524 g/mol. The van der Waals surface area contributed by atoms with Gasteiger partial charge in [-0.15, -0.1) is 11.3 Å². The highest BCUT2D eigenvalue weighted by Crippen LogP contribution is 2.41. The van der Waals surface area contributed by atoms with E-state index in [1.807, 2.05) is 38.1 Å². The Hall–Kier alpha value is -3.30. The third-order valence-electron chi connectivity index (χ3n) is 6.60. The van der Waals surface area contributed by atoms with Crippen LogP contribution in [0.3, 0.4) is 0 Å². The van der Waals surface area contributed by atoms with Gasteiger partial charge in [-0.2, -0.15) is 5.26 Å². The molecule has 0 spiro atoms. The molecule has 2 aromatic carbocycles. The number of carbonyl (C=O) groups excluding carboxylic acids is 1. The van der Waals surface area contributed by atoms with Crippen LogP contribution in [-0.4, -0.2) is 60.4 Å². The maximum absolute atomic E-state index is 12.7. The first kappa shape index (κ1) is 26.3. The van der Waals surface area contributed by atoms with Gasteiger partial charge < -0.3 is 14.7 Å². The fourth-order valence-corrected chi connectivity index (χ4v) is 7.05. The van der Waals surface area contributed by atoms with E-state index in [2.05, 4.69) is 15.8 Å². The molecule has 0 saturated carbocycles. The lowest BCUT2D eigenvalue weighted by Gasteiger charge is -2.35. The van der Waals surface area contributed by atoms with Gasteiger partial charge in [-0.05, 0) is 61.6 Å². The van der Waals surface area contributed by atoms with Crippen molar-refractivity contribution in [3.8, 4) is 32.8 Å². The van der Waals surface area contributed by atoms with Crippen molar-refractivity contribution in [2.75, 3.05) is 18.8 Å². The number of nitriles is 1. The van der Waals surface area contributed by atoms with E-state index in [0.29, 0.717) is 24.2 Å². The Morgan fingerprint density at radius 3 is 2.82 bits per heavy atom. The average molecular weight is 553 g/mol. The van der Waals surface area contributed by atoms with Crippen molar-refractivity contribution in [3.05, 3.63) is 59.3 Å². The fourth-order valence-electron chi connectivity index (χ4n) is 4.82. The van der Waals surface area contributed by atoms with E-state index in [0.717, 1.165) is 32.1 Å². The zero-order valence-corrected chi connectivity index (χ0v) is 22.7. The first-order valence-corrected chi connectivity index (χ1v) is 14.9. The van der Waals surface area contributed by atoms with E-state index in [9.17, 15) is 23.6 Å². The van der Waals surface area contributed by atoms with Crippen LogP contribution in [0, 0.1) is 11.3 Å². The second kappa shape index (κ2) is 10.5. The highest BCUT2D eigenvalue weighted by Gasteiger charge is 2.34. The van der Waals surface area contributed by atoms with E-state index in [-0.39, 0.29) is 19.2 Å². The van der Waals surface area contributed by atoms with Crippen LogP contribution in [0.1, 0.15) is 43.0 Å². The maximum atomic E-state index is 12.7. The first-order chi connectivity index (χ1) is 18.1. The molecule has 38 heavy (non-hydrogen) atoms. The van der Waals surface area contributed by atoms with E-state index in [1.165, 1.54) is 16.2 Å². The van der Waals surface area contributed by atoms with E-state index in [1.54, 1.807) is 18.3 Å². The third-order valence-corrected chi connectivity index (χ3v) is 8.95. The van der Waals surface area contributed by atoms with Crippen LogP contribution >= 0.6 is 11.3 Å². The van der Waals surface area contributed by atoms with Crippen LogP contribution in [0.5, 0.6) is 5.75 Å². The van der Waals surface area contributed by atoms with Crippen molar-refractivity contribution in [1.82, 2.24) is 14.6 Å². The summed E-state index contributed by atoms with van der Waals surface area (Å²) in [5, 5.41) is 19.7. The molecule has 0 unspecified atom stereocenters. The molecule has 3 aromatic rings. The number of rotatable bonds is 8. The number of fused-ring (bicyclic) bond motifs is 1. The van der Waals surface area contributed by atoms with Gasteiger partial charge in [0.2, 0.25) is 15.9 Å². The quantitative estimate of drug-likeness (QED) is 0.438. The minimum absolute atomic E-state index is 0.0390. The smallest absolute Gasteiger partial charge is 0.239 e. The number of aromatic nitrogens is 1. The number of hydrogen-bond acceptors (Lipinski definition) is 8. The number of carbonyl (C=O) groups is 1. The standard InChI is InChI=1S/C27H28N4O5S2/c1-16(2)36-24-9-6-17(10-18(24)11-28)27-29-12-25(37-27)22-5-3-4-21-20(22)7-8-23(21)30-38(34,35)15-26(33)31-13-19(32)14-31/h3-6,9-10,12,16,19,23,30,32H,7-8,13-15H2,1-2H3/t23-/m0/s1. The molecule has 1 saturated heterocycles. The molecule has 0 bridgehead atoms. The summed E-state index contributed by atoms with van der Waals surface area (Å²) < 4.78 is 33.9. The van der Waals surface area contributed by atoms with Crippen molar-refractivity contribution < 1.29 is 23.1 Å². The normalized spacial score (nSPS) is 17.2. The Morgan fingerprint density at radius 2 is 2.11 bits per heavy atom. The number of benzene rings is 2. The zero-order chi connectivity index (χ0) is 27.0. The van der Waals surface area contributed by atoms with Crippen LogP contribution in [0.25, 0.3) is 21.0 Å². The van der Waals surface area contributed by atoms with Gasteiger partial charge in [-0.25, -0.2) is 18.1 Å². The summed E-state index contributed by atoms with van der Waals surface area (Å²) in [6, 6.07) is 13.1. The van der Waals surface area contributed by atoms with Crippen molar-refractivity contribution >= 4 is 27.3 Å². The maximum Gasteiger partial charge on any atom is 0.239 e. The molecule has 1 fully saturated rings. The van der Waals surface area contributed by atoms with Gasteiger partial charge in [0.25, 0.3) is 0 Å².